The molecule has 0 bridgehead atoms. The van der Waals surface area contributed by atoms with Gasteiger partial charge in [-0.1, -0.05) is 42.5 Å². The van der Waals surface area contributed by atoms with E-state index >= 15 is 0 Å². The fourth-order valence-corrected chi connectivity index (χ4v) is 5.45. The molecule has 0 fully saturated rings. The number of carbonyl (C=O) groups is 1. The molecule has 2 aromatic carbocycles. The minimum Gasteiger partial charge on any atom is -0.353 e. The first-order chi connectivity index (χ1) is 14.6. The highest BCUT2D eigenvalue weighted by Gasteiger charge is 2.33. The van der Waals surface area contributed by atoms with Crippen LogP contribution in [0.4, 0.5) is 10.7 Å². The van der Waals surface area contributed by atoms with Crippen LogP contribution in [0.2, 0.25) is 0 Å². The van der Waals surface area contributed by atoms with Crippen LogP contribution in [0, 0.1) is 10.1 Å². The van der Waals surface area contributed by atoms with E-state index in [9.17, 15) is 14.9 Å². The molecule has 1 atom stereocenters. The maximum Gasteiger partial charge on any atom is 0.269 e. The predicted octanol–water partition coefficient (Wildman–Crippen LogP) is 4.07. The highest BCUT2D eigenvalue weighted by atomic mass is 32.1. The minimum absolute atomic E-state index is 0.0105. The number of nitrogens with zero attached hydrogens (tertiary/aromatic N) is 2. The second-order valence-electron chi connectivity index (χ2n) is 7.56. The monoisotopic (exact) mass is 420 g/mol. The molecule has 8 heteroatoms. The maximum absolute atomic E-state index is 12.9. The summed E-state index contributed by atoms with van der Waals surface area (Å²) in [6.07, 6.45) is 0.357. The van der Waals surface area contributed by atoms with Crippen LogP contribution in [0.1, 0.15) is 38.1 Å². The van der Waals surface area contributed by atoms with Crippen molar-refractivity contribution in [2.24, 2.45) is 0 Å². The molecule has 30 heavy (non-hydrogen) atoms. The number of hydrogen-bond acceptors (Lipinski definition) is 6. The van der Waals surface area contributed by atoms with Gasteiger partial charge in [0.1, 0.15) is 11.2 Å². The number of benzene rings is 2. The van der Waals surface area contributed by atoms with E-state index in [2.05, 4.69) is 39.8 Å². The number of nitro groups is 1. The number of thiophene rings is 1. The number of hydrogen-bond donors (Lipinski definition) is 2. The Hall–Kier alpha value is -3.23. The van der Waals surface area contributed by atoms with Gasteiger partial charge in [-0.05, 0) is 17.5 Å². The second kappa shape index (κ2) is 7.55. The molecule has 0 radical (unpaired) electrons. The molecule has 0 saturated heterocycles. The zero-order valence-corrected chi connectivity index (χ0v) is 16.9. The Kier molecular flexibility index (Phi) is 4.72. The van der Waals surface area contributed by atoms with Crippen molar-refractivity contribution in [1.29, 1.82) is 0 Å². The van der Waals surface area contributed by atoms with Crippen molar-refractivity contribution in [2.75, 3.05) is 11.9 Å². The highest BCUT2D eigenvalue weighted by Crippen LogP contribution is 2.41. The van der Waals surface area contributed by atoms with Crippen LogP contribution in [0.25, 0.3) is 0 Å². The molecule has 152 valence electrons. The molecule has 7 nitrogen and oxygen atoms in total. The summed E-state index contributed by atoms with van der Waals surface area (Å²) in [6.45, 7) is 2.61. The molecule has 3 heterocycles. The van der Waals surface area contributed by atoms with E-state index in [0.29, 0.717) is 5.56 Å². The van der Waals surface area contributed by atoms with E-state index in [1.807, 2.05) is 6.07 Å². The fourth-order valence-electron chi connectivity index (χ4n) is 4.13. The van der Waals surface area contributed by atoms with Crippen molar-refractivity contribution in [3.8, 4) is 0 Å². The van der Waals surface area contributed by atoms with Crippen LogP contribution in [0.5, 0.6) is 0 Å². The molecule has 5 rings (SSSR count). The van der Waals surface area contributed by atoms with Crippen molar-refractivity contribution in [3.05, 3.63) is 91.8 Å². The van der Waals surface area contributed by atoms with Gasteiger partial charge in [0.05, 0.1) is 10.5 Å². The molecular weight excluding hydrogens is 400 g/mol. The van der Waals surface area contributed by atoms with Crippen LogP contribution >= 0.6 is 11.3 Å². The number of non-ortho nitro benzene ring substituents is 1. The van der Waals surface area contributed by atoms with Crippen LogP contribution in [0.15, 0.2) is 54.6 Å². The van der Waals surface area contributed by atoms with Crippen molar-refractivity contribution < 1.29 is 9.72 Å². The lowest BCUT2D eigenvalue weighted by atomic mass is 10.00. The van der Waals surface area contributed by atoms with Crippen LogP contribution in [-0.4, -0.2) is 22.3 Å². The highest BCUT2D eigenvalue weighted by molar-refractivity contribution is 7.16. The fraction of sp³-hybridized carbons (Fsp3) is 0.227. The van der Waals surface area contributed by atoms with Gasteiger partial charge in [-0.15, -0.1) is 11.3 Å². The zero-order chi connectivity index (χ0) is 20.7. The third kappa shape index (κ3) is 3.44. The van der Waals surface area contributed by atoms with Gasteiger partial charge < -0.3 is 10.6 Å². The van der Waals surface area contributed by atoms with Gasteiger partial charge in [-0.3, -0.25) is 19.8 Å². The van der Waals surface area contributed by atoms with Crippen LogP contribution in [-0.2, 0) is 19.5 Å². The lowest BCUT2D eigenvalue weighted by Crippen LogP contribution is -2.38. The van der Waals surface area contributed by atoms with E-state index < -0.39 is 11.1 Å². The topological polar surface area (TPSA) is 87.5 Å². The van der Waals surface area contributed by atoms with Gasteiger partial charge in [-0.25, -0.2) is 0 Å². The number of nitro benzene ring substituents is 1. The van der Waals surface area contributed by atoms with Gasteiger partial charge in [0.25, 0.3) is 11.6 Å². The first-order valence-corrected chi connectivity index (χ1v) is 10.6. The van der Waals surface area contributed by atoms with Crippen molar-refractivity contribution in [2.45, 2.75) is 25.7 Å². The number of amides is 1. The molecule has 2 aliphatic rings. The average molecular weight is 420 g/mol. The summed E-state index contributed by atoms with van der Waals surface area (Å²) >= 11 is 1.62. The zero-order valence-electron chi connectivity index (χ0n) is 16.1. The molecule has 2 aliphatic heterocycles. The second-order valence-corrected chi connectivity index (χ2v) is 8.66. The summed E-state index contributed by atoms with van der Waals surface area (Å²) < 4.78 is 0. The molecule has 2 N–H and O–H groups in total. The lowest BCUT2D eigenvalue weighted by Gasteiger charge is -2.28. The number of fused-ring (bicyclic) bond motifs is 3. The Bertz CT molecular complexity index is 1130. The van der Waals surface area contributed by atoms with Gasteiger partial charge in [0.2, 0.25) is 0 Å². The normalized spacial score (nSPS) is 18.1. The molecule has 0 saturated carbocycles. The maximum atomic E-state index is 12.9. The minimum atomic E-state index is -0.481. The molecule has 3 aromatic rings. The van der Waals surface area contributed by atoms with Crippen LogP contribution < -0.4 is 10.6 Å². The molecule has 1 aromatic heterocycles. The summed E-state index contributed by atoms with van der Waals surface area (Å²) in [5.74, 6) is -0.116. The van der Waals surface area contributed by atoms with Crippen molar-refractivity contribution in [1.82, 2.24) is 10.2 Å². The van der Waals surface area contributed by atoms with Gasteiger partial charge >= 0.3 is 0 Å². The van der Waals surface area contributed by atoms with Crippen molar-refractivity contribution in [3.63, 3.8) is 0 Å². The lowest BCUT2D eigenvalue weighted by molar-refractivity contribution is -0.384. The SMILES string of the molecule is O=C1N[C@@H](c2cccc([N+](=O)[O-])c2)Nc2sc3c(c21)CCN(Cc1ccccc1)C3. The predicted molar refractivity (Wildman–Crippen MR) is 116 cm³/mol. The number of nitrogens with one attached hydrogen (secondary N) is 2. The number of rotatable bonds is 4. The Balaban J connectivity index is 1.38. The molecule has 0 spiro atoms. The van der Waals surface area contributed by atoms with Gasteiger partial charge in [0, 0.05) is 42.2 Å². The van der Waals surface area contributed by atoms with Gasteiger partial charge in [0.15, 0.2) is 0 Å². The Morgan fingerprint density at radius 2 is 1.97 bits per heavy atom. The summed E-state index contributed by atoms with van der Waals surface area (Å²) in [5.41, 5.74) is 3.82. The molecule has 0 aliphatic carbocycles. The Labute approximate surface area is 177 Å². The first-order valence-electron chi connectivity index (χ1n) is 9.81. The van der Waals surface area contributed by atoms with E-state index in [0.717, 1.165) is 42.2 Å². The Morgan fingerprint density at radius 3 is 2.77 bits per heavy atom. The third-order valence-corrected chi connectivity index (χ3v) is 6.73. The number of carbonyl (C=O) groups excluding carboxylic acids is 1. The van der Waals surface area contributed by atoms with E-state index in [4.69, 9.17) is 0 Å². The number of anilines is 1. The van der Waals surface area contributed by atoms with E-state index in [-0.39, 0.29) is 11.6 Å². The molecular formula is C22H20N4O3S. The smallest absolute Gasteiger partial charge is 0.269 e. The average Bonchev–Trinajstić information content (AvgIpc) is 3.12. The Morgan fingerprint density at radius 1 is 1.13 bits per heavy atom. The van der Waals surface area contributed by atoms with Crippen molar-refractivity contribution >= 4 is 27.9 Å². The van der Waals surface area contributed by atoms with E-state index in [1.54, 1.807) is 23.5 Å². The summed E-state index contributed by atoms with van der Waals surface area (Å²) in [5, 5.41) is 18.3. The van der Waals surface area contributed by atoms with E-state index in [1.165, 1.54) is 22.6 Å². The van der Waals surface area contributed by atoms with Gasteiger partial charge in [-0.2, -0.15) is 0 Å². The summed E-state index contributed by atoms with van der Waals surface area (Å²) in [4.78, 5) is 27.2. The summed E-state index contributed by atoms with van der Waals surface area (Å²) in [7, 11) is 0. The molecule has 1 amide bonds. The largest absolute Gasteiger partial charge is 0.353 e. The standard InChI is InChI=1S/C22H20N4O3S/c27-21-19-17-9-10-25(12-14-5-2-1-3-6-14)13-18(17)30-22(19)24-20(23-21)15-7-4-8-16(11-15)26(28)29/h1-8,11,20,24H,9-10,12-13H2,(H,23,27)/t20-/m1/s1. The van der Waals surface area contributed by atoms with Crippen LogP contribution in [0.3, 0.4) is 0 Å². The quantitative estimate of drug-likeness (QED) is 0.491. The summed E-state index contributed by atoms with van der Waals surface area (Å²) in [6, 6.07) is 16.8. The third-order valence-electron chi connectivity index (χ3n) is 5.58. The first kappa shape index (κ1) is 18.8. The molecule has 0 unspecified atom stereocenters.